The van der Waals surface area contributed by atoms with Gasteiger partial charge in [-0.25, -0.2) is 14.8 Å². The standard InChI is InChI=1S/C21H22N4O2/c1-14-5-4-6-16(11-14)13-22-19-12-20(24-15(2)23-19)25-18-9-7-17(8-10-18)21(26)27-3/h4-12H,13H2,1-3H3,(H2,22,23,24,25). The maximum absolute atomic E-state index is 11.5. The molecule has 1 aromatic heterocycles. The lowest BCUT2D eigenvalue weighted by Gasteiger charge is -2.11. The summed E-state index contributed by atoms with van der Waals surface area (Å²) in [5.74, 6) is 1.73. The first-order valence-corrected chi connectivity index (χ1v) is 8.64. The smallest absolute Gasteiger partial charge is 0.337 e. The molecule has 3 rings (SSSR count). The molecule has 0 fully saturated rings. The number of anilines is 3. The number of esters is 1. The molecule has 2 N–H and O–H groups in total. The molecule has 2 aromatic carbocycles. The Balaban J connectivity index is 1.70. The molecule has 0 atom stereocenters. The topological polar surface area (TPSA) is 76.1 Å². The second kappa shape index (κ2) is 8.31. The van der Waals surface area contributed by atoms with Crippen LogP contribution in [-0.2, 0) is 11.3 Å². The highest BCUT2D eigenvalue weighted by molar-refractivity contribution is 5.89. The Morgan fingerprint density at radius 1 is 1.00 bits per heavy atom. The zero-order valence-electron chi connectivity index (χ0n) is 15.6. The zero-order chi connectivity index (χ0) is 19.2. The molecule has 27 heavy (non-hydrogen) atoms. The SMILES string of the molecule is COC(=O)c1ccc(Nc2cc(NCc3cccc(C)c3)nc(C)n2)cc1. The van der Waals surface area contributed by atoms with E-state index in [1.54, 1.807) is 12.1 Å². The third kappa shape index (κ3) is 5.04. The van der Waals surface area contributed by atoms with Crippen molar-refractivity contribution in [3.8, 4) is 0 Å². The molecule has 6 heteroatoms. The van der Waals surface area contributed by atoms with Crippen LogP contribution in [0.4, 0.5) is 17.3 Å². The van der Waals surface area contributed by atoms with Gasteiger partial charge in [0.2, 0.25) is 0 Å². The molecule has 138 valence electrons. The van der Waals surface area contributed by atoms with E-state index in [-0.39, 0.29) is 5.97 Å². The lowest BCUT2D eigenvalue weighted by molar-refractivity contribution is 0.0601. The van der Waals surface area contributed by atoms with E-state index in [2.05, 4.69) is 45.7 Å². The molecule has 0 bridgehead atoms. The molecule has 0 saturated carbocycles. The quantitative estimate of drug-likeness (QED) is 0.639. The molecule has 0 aliphatic rings. The number of nitrogens with zero attached hydrogens (tertiary/aromatic N) is 2. The molecule has 0 aliphatic carbocycles. The average molecular weight is 362 g/mol. The Hall–Kier alpha value is -3.41. The summed E-state index contributed by atoms with van der Waals surface area (Å²) < 4.78 is 4.71. The first-order valence-electron chi connectivity index (χ1n) is 8.64. The Morgan fingerprint density at radius 2 is 1.74 bits per heavy atom. The number of rotatable bonds is 6. The Bertz CT molecular complexity index is 939. The van der Waals surface area contributed by atoms with Gasteiger partial charge in [0.1, 0.15) is 17.5 Å². The maximum Gasteiger partial charge on any atom is 0.337 e. The van der Waals surface area contributed by atoms with Crippen LogP contribution >= 0.6 is 0 Å². The van der Waals surface area contributed by atoms with Crippen LogP contribution in [-0.4, -0.2) is 23.0 Å². The number of carbonyl (C=O) groups excluding carboxylic acids is 1. The number of hydrogen-bond acceptors (Lipinski definition) is 6. The summed E-state index contributed by atoms with van der Waals surface area (Å²) in [5, 5.41) is 6.57. The van der Waals surface area contributed by atoms with Crippen molar-refractivity contribution < 1.29 is 9.53 Å². The van der Waals surface area contributed by atoms with Crippen LogP contribution < -0.4 is 10.6 Å². The van der Waals surface area contributed by atoms with E-state index in [1.165, 1.54) is 18.2 Å². The summed E-state index contributed by atoms with van der Waals surface area (Å²) >= 11 is 0. The molecular weight excluding hydrogens is 340 g/mol. The molecule has 0 saturated heterocycles. The second-order valence-electron chi connectivity index (χ2n) is 6.22. The minimum atomic E-state index is -0.359. The van der Waals surface area contributed by atoms with Gasteiger partial charge >= 0.3 is 5.97 Å². The van der Waals surface area contributed by atoms with Crippen LogP contribution in [0.25, 0.3) is 0 Å². The van der Waals surface area contributed by atoms with Gasteiger partial charge in [0.25, 0.3) is 0 Å². The summed E-state index contributed by atoms with van der Waals surface area (Å²) in [6.07, 6.45) is 0. The Kier molecular flexibility index (Phi) is 5.66. The van der Waals surface area contributed by atoms with Crippen LogP contribution in [0, 0.1) is 13.8 Å². The number of methoxy groups -OCH3 is 1. The molecule has 1 heterocycles. The zero-order valence-corrected chi connectivity index (χ0v) is 15.6. The summed E-state index contributed by atoms with van der Waals surface area (Å²) in [5.41, 5.74) is 3.75. The second-order valence-corrected chi connectivity index (χ2v) is 6.22. The van der Waals surface area contributed by atoms with Crippen molar-refractivity contribution in [1.82, 2.24) is 9.97 Å². The van der Waals surface area contributed by atoms with Crippen molar-refractivity contribution in [2.45, 2.75) is 20.4 Å². The summed E-state index contributed by atoms with van der Waals surface area (Å²) in [7, 11) is 1.36. The van der Waals surface area contributed by atoms with Crippen molar-refractivity contribution >= 4 is 23.3 Å². The molecule has 6 nitrogen and oxygen atoms in total. The van der Waals surface area contributed by atoms with Gasteiger partial charge in [0.05, 0.1) is 12.7 Å². The number of benzene rings is 2. The number of nitrogens with one attached hydrogen (secondary N) is 2. The van der Waals surface area contributed by atoms with Crippen LogP contribution in [0.15, 0.2) is 54.6 Å². The first kappa shape index (κ1) is 18.4. The monoisotopic (exact) mass is 362 g/mol. The van der Waals surface area contributed by atoms with Gasteiger partial charge in [-0.1, -0.05) is 29.8 Å². The summed E-state index contributed by atoms with van der Waals surface area (Å²) in [4.78, 5) is 20.4. The van der Waals surface area contributed by atoms with Crippen LogP contribution in [0.2, 0.25) is 0 Å². The van der Waals surface area contributed by atoms with E-state index in [4.69, 9.17) is 4.74 Å². The Morgan fingerprint density at radius 3 is 2.44 bits per heavy atom. The van der Waals surface area contributed by atoms with E-state index < -0.39 is 0 Å². The lowest BCUT2D eigenvalue weighted by Crippen LogP contribution is -2.05. The van der Waals surface area contributed by atoms with Crippen molar-refractivity contribution in [2.75, 3.05) is 17.7 Å². The minimum absolute atomic E-state index is 0.359. The van der Waals surface area contributed by atoms with E-state index in [0.717, 1.165) is 11.5 Å². The molecular formula is C21H22N4O2. The number of aromatic nitrogens is 2. The van der Waals surface area contributed by atoms with E-state index >= 15 is 0 Å². The van der Waals surface area contributed by atoms with E-state index in [0.29, 0.717) is 23.8 Å². The van der Waals surface area contributed by atoms with Gasteiger partial charge in [-0.2, -0.15) is 0 Å². The number of carbonyl (C=O) groups is 1. The number of aryl methyl sites for hydroxylation is 2. The fraction of sp³-hybridized carbons (Fsp3) is 0.190. The largest absolute Gasteiger partial charge is 0.465 e. The highest BCUT2D eigenvalue weighted by atomic mass is 16.5. The van der Waals surface area contributed by atoms with Gasteiger partial charge < -0.3 is 15.4 Å². The number of ether oxygens (including phenoxy) is 1. The fourth-order valence-corrected chi connectivity index (χ4v) is 2.69. The van der Waals surface area contributed by atoms with Crippen LogP contribution in [0.5, 0.6) is 0 Å². The molecule has 0 amide bonds. The predicted molar refractivity (Wildman–Crippen MR) is 106 cm³/mol. The highest BCUT2D eigenvalue weighted by Crippen LogP contribution is 2.19. The van der Waals surface area contributed by atoms with Crippen molar-refractivity contribution in [1.29, 1.82) is 0 Å². The molecule has 0 unspecified atom stereocenters. The van der Waals surface area contributed by atoms with Gasteiger partial charge in [-0.15, -0.1) is 0 Å². The van der Waals surface area contributed by atoms with Crippen LogP contribution in [0.1, 0.15) is 27.3 Å². The molecule has 0 aliphatic heterocycles. The maximum atomic E-state index is 11.5. The van der Waals surface area contributed by atoms with Crippen molar-refractivity contribution in [3.05, 3.63) is 77.1 Å². The highest BCUT2D eigenvalue weighted by Gasteiger charge is 2.06. The molecule has 0 spiro atoms. The molecule has 0 radical (unpaired) electrons. The van der Waals surface area contributed by atoms with E-state index in [9.17, 15) is 4.79 Å². The van der Waals surface area contributed by atoms with Gasteiger partial charge in [-0.05, 0) is 43.7 Å². The summed E-state index contributed by atoms with van der Waals surface area (Å²) in [6, 6.07) is 17.2. The predicted octanol–water partition coefficient (Wildman–Crippen LogP) is 4.24. The van der Waals surface area contributed by atoms with Crippen LogP contribution in [0.3, 0.4) is 0 Å². The van der Waals surface area contributed by atoms with E-state index in [1.807, 2.05) is 31.2 Å². The average Bonchev–Trinajstić information content (AvgIpc) is 2.66. The number of hydrogen-bond donors (Lipinski definition) is 2. The van der Waals surface area contributed by atoms with Gasteiger partial charge in [0.15, 0.2) is 0 Å². The van der Waals surface area contributed by atoms with Crippen molar-refractivity contribution in [2.24, 2.45) is 0 Å². The first-order chi connectivity index (χ1) is 13.0. The third-order valence-electron chi connectivity index (χ3n) is 3.97. The van der Waals surface area contributed by atoms with Gasteiger partial charge in [-0.3, -0.25) is 0 Å². The fourth-order valence-electron chi connectivity index (χ4n) is 2.69. The summed E-state index contributed by atoms with van der Waals surface area (Å²) in [6.45, 7) is 4.61. The third-order valence-corrected chi connectivity index (χ3v) is 3.97. The van der Waals surface area contributed by atoms with Crippen molar-refractivity contribution in [3.63, 3.8) is 0 Å². The minimum Gasteiger partial charge on any atom is -0.465 e. The Labute approximate surface area is 158 Å². The molecule has 3 aromatic rings. The lowest BCUT2D eigenvalue weighted by atomic mass is 10.1. The van der Waals surface area contributed by atoms with Gasteiger partial charge in [0, 0.05) is 18.3 Å². The normalized spacial score (nSPS) is 10.3.